The summed E-state index contributed by atoms with van der Waals surface area (Å²) in [4.78, 5) is 14.0. The van der Waals surface area contributed by atoms with Crippen LogP contribution >= 0.6 is 0 Å². The van der Waals surface area contributed by atoms with Crippen LogP contribution in [0.2, 0.25) is 0 Å². The van der Waals surface area contributed by atoms with Crippen LogP contribution in [0.5, 0.6) is 11.5 Å². The van der Waals surface area contributed by atoms with Gasteiger partial charge in [0.1, 0.15) is 5.82 Å². The third-order valence-electron chi connectivity index (χ3n) is 4.61. The van der Waals surface area contributed by atoms with Crippen LogP contribution in [0, 0.1) is 5.82 Å². The molecule has 7 nitrogen and oxygen atoms in total. The maximum atomic E-state index is 13.8. The summed E-state index contributed by atoms with van der Waals surface area (Å²) in [5.74, 6) is -0.121. The van der Waals surface area contributed by atoms with E-state index in [1.807, 2.05) is 0 Å². The SMILES string of the molecule is O=C(c1ccccc1F)N1CCN(S(=O)(=O)c2ccc3c(c2)OCO3)CC1. The number of rotatable bonds is 3. The normalized spacial score (nSPS) is 17.1. The lowest BCUT2D eigenvalue weighted by Gasteiger charge is -2.34. The molecule has 1 amide bonds. The minimum atomic E-state index is -3.72. The Balaban J connectivity index is 1.47. The van der Waals surface area contributed by atoms with E-state index in [0.717, 1.165) is 0 Å². The maximum absolute atomic E-state index is 13.8. The van der Waals surface area contributed by atoms with Gasteiger partial charge in [0, 0.05) is 32.2 Å². The molecule has 0 aliphatic carbocycles. The number of carbonyl (C=O) groups is 1. The maximum Gasteiger partial charge on any atom is 0.256 e. The van der Waals surface area contributed by atoms with E-state index in [-0.39, 0.29) is 43.4 Å². The molecule has 4 rings (SSSR count). The Morgan fingerprint density at radius 1 is 0.963 bits per heavy atom. The number of nitrogens with zero attached hydrogens (tertiary/aromatic N) is 2. The van der Waals surface area contributed by atoms with Crippen molar-refractivity contribution in [3.8, 4) is 11.5 Å². The zero-order valence-electron chi connectivity index (χ0n) is 14.3. The molecule has 2 aliphatic rings. The predicted octanol–water partition coefficient (Wildman–Crippen LogP) is 1.70. The Hall–Kier alpha value is -2.65. The molecule has 0 aromatic heterocycles. The number of hydrogen-bond acceptors (Lipinski definition) is 5. The first-order valence-electron chi connectivity index (χ1n) is 8.40. The van der Waals surface area contributed by atoms with E-state index in [0.29, 0.717) is 11.5 Å². The summed E-state index contributed by atoms with van der Waals surface area (Å²) >= 11 is 0. The van der Waals surface area contributed by atoms with Crippen molar-refractivity contribution in [1.82, 2.24) is 9.21 Å². The predicted molar refractivity (Wildman–Crippen MR) is 93.6 cm³/mol. The lowest BCUT2D eigenvalue weighted by Crippen LogP contribution is -2.50. The average Bonchev–Trinajstić information content (AvgIpc) is 3.16. The second-order valence-corrected chi connectivity index (χ2v) is 8.13. The zero-order chi connectivity index (χ0) is 19.0. The number of carbonyl (C=O) groups excluding carboxylic acids is 1. The molecular weight excluding hydrogens is 375 g/mol. The van der Waals surface area contributed by atoms with E-state index in [4.69, 9.17) is 9.47 Å². The van der Waals surface area contributed by atoms with Gasteiger partial charge in [-0.15, -0.1) is 0 Å². The van der Waals surface area contributed by atoms with Gasteiger partial charge in [-0.2, -0.15) is 4.31 Å². The molecule has 0 N–H and O–H groups in total. The molecule has 0 unspecified atom stereocenters. The molecule has 9 heteroatoms. The van der Waals surface area contributed by atoms with Gasteiger partial charge in [0.05, 0.1) is 10.5 Å². The monoisotopic (exact) mass is 392 g/mol. The summed E-state index contributed by atoms with van der Waals surface area (Å²) < 4.78 is 51.3. The molecule has 0 spiro atoms. The van der Waals surface area contributed by atoms with Gasteiger partial charge in [0.25, 0.3) is 5.91 Å². The van der Waals surface area contributed by atoms with Gasteiger partial charge in [-0.3, -0.25) is 4.79 Å². The van der Waals surface area contributed by atoms with E-state index in [2.05, 4.69) is 0 Å². The van der Waals surface area contributed by atoms with Crippen LogP contribution in [-0.2, 0) is 10.0 Å². The molecule has 2 aliphatic heterocycles. The molecule has 1 fully saturated rings. The van der Waals surface area contributed by atoms with Crippen molar-refractivity contribution in [2.24, 2.45) is 0 Å². The van der Waals surface area contributed by atoms with E-state index >= 15 is 0 Å². The van der Waals surface area contributed by atoms with Crippen LogP contribution in [0.25, 0.3) is 0 Å². The second kappa shape index (κ2) is 6.82. The number of ether oxygens (including phenoxy) is 2. The lowest BCUT2D eigenvalue weighted by molar-refractivity contribution is 0.0693. The quantitative estimate of drug-likeness (QED) is 0.795. The molecular formula is C18H17FN2O5S. The number of fused-ring (bicyclic) bond motifs is 1. The van der Waals surface area contributed by atoms with Crippen molar-refractivity contribution in [2.45, 2.75) is 4.90 Å². The molecule has 2 aromatic carbocycles. The molecule has 1 saturated heterocycles. The molecule has 0 radical (unpaired) electrons. The van der Waals surface area contributed by atoms with E-state index in [1.165, 1.54) is 39.5 Å². The van der Waals surface area contributed by atoms with Gasteiger partial charge in [-0.1, -0.05) is 12.1 Å². The number of sulfonamides is 1. The van der Waals surface area contributed by atoms with Crippen molar-refractivity contribution in [1.29, 1.82) is 0 Å². The standard InChI is InChI=1S/C18H17FN2O5S/c19-15-4-2-1-3-14(15)18(22)20-7-9-21(10-8-20)27(23,24)13-5-6-16-17(11-13)26-12-25-16/h1-6,11H,7-10,12H2. The number of halogens is 1. The molecule has 142 valence electrons. The summed E-state index contributed by atoms with van der Waals surface area (Å²) in [5.41, 5.74) is -0.00965. The topological polar surface area (TPSA) is 76.2 Å². The Labute approximate surface area is 156 Å². The Morgan fingerprint density at radius 2 is 1.67 bits per heavy atom. The first kappa shape index (κ1) is 17.7. The fraction of sp³-hybridized carbons (Fsp3) is 0.278. The Kier molecular flexibility index (Phi) is 4.48. The third kappa shape index (κ3) is 3.24. The molecule has 0 saturated carbocycles. The number of amides is 1. The average molecular weight is 392 g/mol. The van der Waals surface area contributed by atoms with Crippen LogP contribution in [0.15, 0.2) is 47.4 Å². The van der Waals surface area contributed by atoms with Crippen molar-refractivity contribution in [3.05, 3.63) is 53.8 Å². The van der Waals surface area contributed by atoms with Crippen LogP contribution in [0.3, 0.4) is 0 Å². The summed E-state index contributed by atoms with van der Waals surface area (Å²) in [6.45, 7) is 0.720. The van der Waals surface area contributed by atoms with Gasteiger partial charge < -0.3 is 14.4 Å². The Morgan fingerprint density at radius 3 is 2.41 bits per heavy atom. The second-order valence-electron chi connectivity index (χ2n) is 6.19. The minimum absolute atomic E-state index is 0.00965. The van der Waals surface area contributed by atoms with Crippen LogP contribution in [-0.4, -0.2) is 56.5 Å². The smallest absolute Gasteiger partial charge is 0.256 e. The van der Waals surface area contributed by atoms with Gasteiger partial charge >= 0.3 is 0 Å². The number of benzene rings is 2. The molecule has 2 aromatic rings. The summed E-state index contributed by atoms with van der Waals surface area (Å²) in [5, 5.41) is 0. The summed E-state index contributed by atoms with van der Waals surface area (Å²) in [7, 11) is -3.72. The van der Waals surface area contributed by atoms with Gasteiger partial charge in [0.15, 0.2) is 11.5 Å². The van der Waals surface area contributed by atoms with Gasteiger partial charge in [-0.05, 0) is 24.3 Å². The van der Waals surface area contributed by atoms with E-state index < -0.39 is 21.7 Å². The first-order valence-corrected chi connectivity index (χ1v) is 9.84. The highest BCUT2D eigenvalue weighted by Crippen LogP contribution is 2.34. The van der Waals surface area contributed by atoms with Crippen molar-refractivity contribution >= 4 is 15.9 Å². The van der Waals surface area contributed by atoms with Crippen LogP contribution < -0.4 is 9.47 Å². The highest BCUT2D eigenvalue weighted by atomic mass is 32.2. The third-order valence-corrected chi connectivity index (χ3v) is 6.51. The number of hydrogen-bond donors (Lipinski definition) is 0. The van der Waals surface area contributed by atoms with E-state index in [9.17, 15) is 17.6 Å². The molecule has 2 heterocycles. The zero-order valence-corrected chi connectivity index (χ0v) is 15.1. The highest BCUT2D eigenvalue weighted by Gasteiger charge is 2.32. The lowest BCUT2D eigenvalue weighted by atomic mass is 10.1. The van der Waals surface area contributed by atoms with Gasteiger partial charge in [-0.25, -0.2) is 12.8 Å². The molecule has 0 atom stereocenters. The Bertz CT molecular complexity index is 987. The summed E-state index contributed by atoms with van der Waals surface area (Å²) in [6.07, 6.45) is 0. The van der Waals surface area contributed by atoms with Gasteiger partial charge in [0.2, 0.25) is 16.8 Å². The van der Waals surface area contributed by atoms with Crippen molar-refractivity contribution < 1.29 is 27.1 Å². The highest BCUT2D eigenvalue weighted by molar-refractivity contribution is 7.89. The van der Waals surface area contributed by atoms with Crippen LogP contribution in [0.4, 0.5) is 4.39 Å². The molecule has 0 bridgehead atoms. The largest absolute Gasteiger partial charge is 0.454 e. The first-order chi connectivity index (χ1) is 13.0. The number of piperazine rings is 1. The van der Waals surface area contributed by atoms with E-state index in [1.54, 1.807) is 12.1 Å². The summed E-state index contributed by atoms with van der Waals surface area (Å²) in [6, 6.07) is 10.2. The van der Waals surface area contributed by atoms with Crippen molar-refractivity contribution in [2.75, 3.05) is 33.0 Å². The fourth-order valence-electron chi connectivity index (χ4n) is 3.12. The fourth-order valence-corrected chi connectivity index (χ4v) is 4.56. The van der Waals surface area contributed by atoms with Crippen LogP contribution in [0.1, 0.15) is 10.4 Å². The minimum Gasteiger partial charge on any atom is -0.454 e. The van der Waals surface area contributed by atoms with Crippen molar-refractivity contribution in [3.63, 3.8) is 0 Å². The molecule has 27 heavy (non-hydrogen) atoms.